The highest BCUT2D eigenvalue weighted by Crippen LogP contribution is 2.40. The van der Waals surface area contributed by atoms with Gasteiger partial charge in [0.15, 0.2) is 11.5 Å². The molecule has 0 amide bonds. The minimum atomic E-state index is 0.303. The van der Waals surface area contributed by atoms with Gasteiger partial charge in [-0.2, -0.15) is 0 Å². The van der Waals surface area contributed by atoms with Crippen LogP contribution < -0.4 is 5.32 Å². The standard InChI is InChI=1S/C17H18N2OS/c1-10-7-8-21-16(10)11(2)18-13-5-6-15-14(9-13)19-17(20-15)12-3-4-12/h5-9,11-12,18H,3-4H2,1-2H3. The maximum atomic E-state index is 5.81. The summed E-state index contributed by atoms with van der Waals surface area (Å²) in [7, 11) is 0. The molecule has 0 aliphatic heterocycles. The van der Waals surface area contributed by atoms with E-state index in [1.54, 1.807) is 11.3 Å². The second kappa shape index (κ2) is 4.88. The van der Waals surface area contributed by atoms with Crippen LogP contribution in [0.5, 0.6) is 0 Å². The van der Waals surface area contributed by atoms with E-state index in [1.807, 2.05) is 6.07 Å². The molecule has 1 unspecified atom stereocenters. The number of nitrogens with zero attached hydrogens (tertiary/aromatic N) is 1. The van der Waals surface area contributed by atoms with E-state index < -0.39 is 0 Å². The minimum absolute atomic E-state index is 0.303. The molecule has 1 atom stereocenters. The molecule has 1 aliphatic carbocycles. The zero-order chi connectivity index (χ0) is 14.4. The number of benzene rings is 1. The molecular formula is C17H18N2OS. The van der Waals surface area contributed by atoms with Gasteiger partial charge >= 0.3 is 0 Å². The third-order valence-corrected chi connectivity index (χ3v) is 5.21. The summed E-state index contributed by atoms with van der Waals surface area (Å²) in [6, 6.07) is 8.65. The Labute approximate surface area is 128 Å². The van der Waals surface area contributed by atoms with Crippen LogP contribution in [0.1, 0.15) is 48.1 Å². The summed E-state index contributed by atoms with van der Waals surface area (Å²) in [4.78, 5) is 6.00. The van der Waals surface area contributed by atoms with Gasteiger partial charge in [0.2, 0.25) is 0 Å². The van der Waals surface area contributed by atoms with E-state index in [0.29, 0.717) is 12.0 Å². The highest BCUT2D eigenvalue weighted by atomic mass is 32.1. The number of oxazole rings is 1. The Balaban J connectivity index is 1.60. The fourth-order valence-electron chi connectivity index (χ4n) is 2.68. The molecular weight excluding hydrogens is 280 g/mol. The zero-order valence-electron chi connectivity index (χ0n) is 12.2. The molecule has 0 saturated heterocycles. The number of aryl methyl sites for hydroxylation is 1. The van der Waals surface area contributed by atoms with Gasteiger partial charge < -0.3 is 9.73 Å². The van der Waals surface area contributed by atoms with Crippen molar-refractivity contribution in [1.82, 2.24) is 4.98 Å². The van der Waals surface area contributed by atoms with Crippen molar-refractivity contribution in [3.8, 4) is 0 Å². The number of rotatable bonds is 4. The molecule has 0 spiro atoms. The summed E-state index contributed by atoms with van der Waals surface area (Å²) in [5, 5.41) is 5.70. The quantitative estimate of drug-likeness (QED) is 0.715. The van der Waals surface area contributed by atoms with E-state index in [-0.39, 0.29) is 0 Å². The van der Waals surface area contributed by atoms with Gasteiger partial charge in [-0.15, -0.1) is 11.3 Å². The topological polar surface area (TPSA) is 38.1 Å². The summed E-state index contributed by atoms with van der Waals surface area (Å²) in [6.45, 7) is 4.36. The van der Waals surface area contributed by atoms with E-state index in [2.05, 4.69) is 47.7 Å². The van der Waals surface area contributed by atoms with Crippen molar-refractivity contribution < 1.29 is 4.42 Å². The van der Waals surface area contributed by atoms with Crippen LogP contribution in [0.15, 0.2) is 34.1 Å². The normalized spacial score (nSPS) is 16.3. The third-order valence-electron chi connectivity index (χ3n) is 4.01. The lowest BCUT2D eigenvalue weighted by molar-refractivity contribution is 0.533. The molecule has 3 nitrogen and oxygen atoms in total. The SMILES string of the molecule is Cc1ccsc1C(C)Nc1ccc2oc(C3CC3)nc2c1. The molecule has 4 heteroatoms. The first-order chi connectivity index (χ1) is 10.2. The maximum absolute atomic E-state index is 5.81. The first kappa shape index (κ1) is 12.9. The molecule has 1 aromatic carbocycles. The zero-order valence-corrected chi connectivity index (χ0v) is 13.0. The number of fused-ring (bicyclic) bond motifs is 1. The van der Waals surface area contributed by atoms with E-state index in [9.17, 15) is 0 Å². The van der Waals surface area contributed by atoms with Crippen molar-refractivity contribution >= 4 is 28.1 Å². The van der Waals surface area contributed by atoms with E-state index in [4.69, 9.17) is 4.42 Å². The number of anilines is 1. The Morgan fingerprint density at radius 1 is 1.33 bits per heavy atom. The van der Waals surface area contributed by atoms with Crippen molar-refractivity contribution in [2.75, 3.05) is 5.32 Å². The van der Waals surface area contributed by atoms with Crippen LogP contribution in [0, 0.1) is 6.92 Å². The average Bonchev–Trinajstić information content (AvgIpc) is 3.09. The van der Waals surface area contributed by atoms with Gasteiger partial charge in [0.1, 0.15) is 5.52 Å². The van der Waals surface area contributed by atoms with Gasteiger partial charge in [0.25, 0.3) is 0 Å². The highest BCUT2D eigenvalue weighted by molar-refractivity contribution is 7.10. The predicted molar refractivity (Wildman–Crippen MR) is 87.1 cm³/mol. The Kier molecular flexibility index (Phi) is 3.00. The molecule has 3 aromatic rings. The van der Waals surface area contributed by atoms with E-state index in [0.717, 1.165) is 22.7 Å². The molecule has 0 radical (unpaired) electrons. The molecule has 1 N–H and O–H groups in total. The molecule has 2 aromatic heterocycles. The first-order valence-electron chi connectivity index (χ1n) is 7.42. The lowest BCUT2D eigenvalue weighted by Crippen LogP contribution is -2.05. The largest absolute Gasteiger partial charge is 0.440 e. The van der Waals surface area contributed by atoms with Crippen molar-refractivity contribution in [3.63, 3.8) is 0 Å². The van der Waals surface area contributed by atoms with Gasteiger partial charge in [0.05, 0.1) is 6.04 Å². The van der Waals surface area contributed by atoms with Crippen LogP contribution in [0.3, 0.4) is 0 Å². The van der Waals surface area contributed by atoms with Gasteiger partial charge in [-0.3, -0.25) is 0 Å². The fourth-order valence-corrected chi connectivity index (χ4v) is 3.62. The average molecular weight is 298 g/mol. The smallest absolute Gasteiger partial charge is 0.198 e. The first-order valence-corrected chi connectivity index (χ1v) is 8.29. The maximum Gasteiger partial charge on any atom is 0.198 e. The summed E-state index contributed by atoms with van der Waals surface area (Å²) < 4.78 is 5.81. The number of nitrogens with one attached hydrogen (secondary N) is 1. The Morgan fingerprint density at radius 2 is 2.19 bits per heavy atom. The lowest BCUT2D eigenvalue weighted by atomic mass is 10.2. The molecule has 4 rings (SSSR count). The monoisotopic (exact) mass is 298 g/mol. The van der Waals surface area contributed by atoms with Gasteiger partial charge in [-0.1, -0.05) is 0 Å². The molecule has 0 bridgehead atoms. The molecule has 1 saturated carbocycles. The number of hydrogen-bond donors (Lipinski definition) is 1. The molecule has 2 heterocycles. The van der Waals surface area contributed by atoms with Gasteiger partial charge in [-0.05, 0) is 61.9 Å². The minimum Gasteiger partial charge on any atom is -0.440 e. The van der Waals surface area contributed by atoms with Crippen LogP contribution in [0.4, 0.5) is 5.69 Å². The number of thiophene rings is 1. The summed E-state index contributed by atoms with van der Waals surface area (Å²) in [6.07, 6.45) is 2.43. The van der Waals surface area contributed by atoms with Crippen molar-refractivity contribution in [2.45, 2.75) is 38.6 Å². The van der Waals surface area contributed by atoms with Crippen molar-refractivity contribution in [3.05, 3.63) is 46.0 Å². The van der Waals surface area contributed by atoms with Crippen molar-refractivity contribution in [1.29, 1.82) is 0 Å². The second-order valence-corrected chi connectivity index (χ2v) is 6.79. The number of hydrogen-bond acceptors (Lipinski definition) is 4. The van der Waals surface area contributed by atoms with Crippen LogP contribution in [-0.4, -0.2) is 4.98 Å². The van der Waals surface area contributed by atoms with Crippen LogP contribution in [-0.2, 0) is 0 Å². The van der Waals surface area contributed by atoms with E-state index in [1.165, 1.54) is 23.3 Å². The lowest BCUT2D eigenvalue weighted by Gasteiger charge is -2.14. The van der Waals surface area contributed by atoms with E-state index >= 15 is 0 Å². The Morgan fingerprint density at radius 3 is 2.90 bits per heavy atom. The van der Waals surface area contributed by atoms with Crippen LogP contribution in [0.25, 0.3) is 11.1 Å². The van der Waals surface area contributed by atoms with Crippen LogP contribution in [0.2, 0.25) is 0 Å². The van der Waals surface area contributed by atoms with Crippen molar-refractivity contribution in [2.24, 2.45) is 0 Å². The summed E-state index contributed by atoms with van der Waals surface area (Å²) in [5.74, 6) is 1.46. The molecule has 108 valence electrons. The molecule has 1 fully saturated rings. The molecule has 1 aliphatic rings. The van der Waals surface area contributed by atoms with Gasteiger partial charge in [0, 0.05) is 16.5 Å². The van der Waals surface area contributed by atoms with Crippen LogP contribution >= 0.6 is 11.3 Å². The second-order valence-electron chi connectivity index (χ2n) is 5.84. The summed E-state index contributed by atoms with van der Waals surface area (Å²) in [5.41, 5.74) is 4.29. The third kappa shape index (κ3) is 2.44. The number of aromatic nitrogens is 1. The fraction of sp³-hybridized carbons (Fsp3) is 0.353. The highest BCUT2D eigenvalue weighted by Gasteiger charge is 2.28. The summed E-state index contributed by atoms with van der Waals surface area (Å²) >= 11 is 1.80. The van der Waals surface area contributed by atoms with Gasteiger partial charge in [-0.25, -0.2) is 4.98 Å². The molecule has 21 heavy (non-hydrogen) atoms. The predicted octanol–water partition coefficient (Wildman–Crippen LogP) is 5.25. The Bertz CT molecular complexity index is 785. The Hall–Kier alpha value is -1.81.